The van der Waals surface area contributed by atoms with Gasteiger partial charge in [0.2, 0.25) is 0 Å². The molecule has 1 aliphatic carbocycles. The summed E-state index contributed by atoms with van der Waals surface area (Å²) in [7, 11) is 0. The van der Waals surface area contributed by atoms with E-state index in [-0.39, 0.29) is 5.69 Å². The van der Waals surface area contributed by atoms with E-state index in [1.165, 1.54) is 47.4 Å². The summed E-state index contributed by atoms with van der Waals surface area (Å²) in [5.41, 5.74) is 1.18. The summed E-state index contributed by atoms with van der Waals surface area (Å²) in [5.74, 6) is 0. The van der Waals surface area contributed by atoms with E-state index in [9.17, 15) is 25.0 Å². The van der Waals surface area contributed by atoms with E-state index in [4.69, 9.17) is 0 Å². The fraction of sp³-hybridized carbons (Fsp3) is 0. The smallest absolute Gasteiger partial charge is 0.318 e. The molecule has 2 aromatic rings. The maximum absolute atomic E-state index is 11.9. The van der Waals surface area contributed by atoms with Gasteiger partial charge in [0.1, 0.15) is 0 Å². The fourth-order valence-electron chi connectivity index (χ4n) is 3.08. The summed E-state index contributed by atoms with van der Waals surface area (Å²) in [6.07, 6.45) is 0. The zero-order valence-corrected chi connectivity index (χ0v) is 15.9. The standard InChI is InChI=1S/C18H8N4O5S2/c23-14-6-16-12(5-13(14)22(26)27)20-11-4-10-17(7-18(11)29-16)28-15-2-1-8(21(24)25)3-9(15)19-10/h1-7,19H. The van der Waals surface area contributed by atoms with Gasteiger partial charge in [0, 0.05) is 34.1 Å². The second-order valence-corrected chi connectivity index (χ2v) is 8.41. The molecule has 2 aromatic carbocycles. The molecule has 9 nitrogen and oxygen atoms in total. The van der Waals surface area contributed by atoms with Crippen LogP contribution in [0.2, 0.25) is 0 Å². The van der Waals surface area contributed by atoms with Crippen molar-refractivity contribution in [3.63, 3.8) is 0 Å². The van der Waals surface area contributed by atoms with Crippen LogP contribution in [0.3, 0.4) is 0 Å². The molecule has 142 valence electrons. The molecule has 3 aliphatic rings. The molecule has 0 atom stereocenters. The quantitative estimate of drug-likeness (QED) is 0.243. The highest BCUT2D eigenvalue weighted by Gasteiger charge is 2.22. The van der Waals surface area contributed by atoms with Gasteiger partial charge in [0.05, 0.1) is 42.0 Å². The van der Waals surface area contributed by atoms with Crippen molar-refractivity contribution >= 4 is 56.1 Å². The second-order valence-electron chi connectivity index (χ2n) is 6.24. The van der Waals surface area contributed by atoms with Crippen molar-refractivity contribution in [2.75, 3.05) is 5.32 Å². The van der Waals surface area contributed by atoms with Crippen molar-refractivity contribution in [1.29, 1.82) is 0 Å². The molecule has 1 N–H and O–H groups in total. The average Bonchev–Trinajstić information content (AvgIpc) is 2.68. The average molecular weight is 424 g/mol. The molecule has 29 heavy (non-hydrogen) atoms. The normalized spacial score (nSPS) is 12.3. The second kappa shape index (κ2) is 6.22. The van der Waals surface area contributed by atoms with E-state index < -0.39 is 21.0 Å². The number of non-ortho nitro benzene ring substituents is 2. The van der Waals surface area contributed by atoms with Crippen LogP contribution in [0.1, 0.15) is 0 Å². The van der Waals surface area contributed by atoms with Crippen LogP contribution in [0.5, 0.6) is 0 Å². The first kappa shape index (κ1) is 17.5. The van der Waals surface area contributed by atoms with E-state index in [0.29, 0.717) is 21.8 Å². The van der Waals surface area contributed by atoms with Crippen molar-refractivity contribution in [3.8, 4) is 10.6 Å². The number of hydrogen-bond acceptors (Lipinski definition) is 9. The van der Waals surface area contributed by atoms with Gasteiger partial charge in [-0.1, -0.05) is 11.8 Å². The van der Waals surface area contributed by atoms with E-state index in [0.717, 1.165) is 20.2 Å². The molecule has 0 aromatic heterocycles. The summed E-state index contributed by atoms with van der Waals surface area (Å²) in [5, 5.41) is 25.3. The molecule has 0 radical (unpaired) electrons. The van der Waals surface area contributed by atoms with Gasteiger partial charge in [0.15, 0.2) is 0 Å². The summed E-state index contributed by atoms with van der Waals surface area (Å²) < 4.78 is 0.823. The fourth-order valence-corrected chi connectivity index (χ4v) is 5.14. The Labute approximate surface area is 169 Å². The number of rotatable bonds is 2. The Balaban J connectivity index is 1.66. The Morgan fingerprint density at radius 1 is 0.931 bits per heavy atom. The number of nitrogens with zero attached hydrogens (tertiary/aromatic N) is 3. The molecule has 0 saturated carbocycles. The zero-order valence-electron chi connectivity index (χ0n) is 14.2. The molecule has 11 heteroatoms. The topological polar surface area (TPSA) is 128 Å². The molecule has 2 aliphatic heterocycles. The maximum atomic E-state index is 11.9. The van der Waals surface area contributed by atoms with Gasteiger partial charge in [0.25, 0.3) is 11.1 Å². The van der Waals surface area contributed by atoms with Gasteiger partial charge >= 0.3 is 5.69 Å². The van der Waals surface area contributed by atoms with Gasteiger partial charge in [-0.15, -0.1) is 11.3 Å². The van der Waals surface area contributed by atoms with Crippen molar-refractivity contribution in [2.24, 2.45) is 0 Å². The lowest BCUT2D eigenvalue weighted by molar-refractivity contribution is -0.386. The van der Waals surface area contributed by atoms with Crippen LogP contribution >= 0.6 is 23.1 Å². The third-order valence-corrected chi connectivity index (χ3v) is 6.65. The number of aromatic nitrogens is 1. The van der Waals surface area contributed by atoms with Gasteiger partial charge < -0.3 is 5.32 Å². The van der Waals surface area contributed by atoms with Crippen LogP contribution in [0, 0.1) is 20.2 Å². The Hall–Kier alpha value is -3.57. The van der Waals surface area contributed by atoms with Gasteiger partial charge in [-0.2, -0.15) is 0 Å². The molecule has 0 saturated heterocycles. The van der Waals surface area contributed by atoms with Crippen LogP contribution in [0.15, 0.2) is 57.1 Å². The highest BCUT2D eigenvalue weighted by molar-refractivity contribution is 7.99. The molecule has 0 amide bonds. The molecular weight excluding hydrogens is 416 g/mol. The lowest BCUT2D eigenvalue weighted by atomic mass is 10.2. The summed E-state index contributed by atoms with van der Waals surface area (Å²) in [6, 6.07) is 10.8. The number of anilines is 2. The predicted octanol–water partition coefficient (Wildman–Crippen LogP) is 4.79. The minimum Gasteiger partial charge on any atom is -0.353 e. The number of nitro benzene ring substituents is 2. The maximum Gasteiger partial charge on any atom is 0.318 e. The van der Waals surface area contributed by atoms with Gasteiger partial charge in [-0.3, -0.25) is 25.0 Å². The molecule has 5 rings (SSSR count). The lowest BCUT2D eigenvalue weighted by Gasteiger charge is -2.21. The molecule has 2 heterocycles. The van der Waals surface area contributed by atoms with Crippen LogP contribution in [-0.4, -0.2) is 14.8 Å². The lowest BCUT2D eigenvalue weighted by Crippen LogP contribution is -2.08. The van der Waals surface area contributed by atoms with Gasteiger partial charge in [-0.25, -0.2) is 4.98 Å². The Kier molecular flexibility index (Phi) is 3.76. The number of hydrogen-bond donors (Lipinski definition) is 1. The summed E-state index contributed by atoms with van der Waals surface area (Å²) >= 11 is 2.81. The van der Waals surface area contributed by atoms with Crippen LogP contribution in [0.4, 0.5) is 22.7 Å². The minimum absolute atomic E-state index is 0.00634. The van der Waals surface area contributed by atoms with E-state index in [1.807, 2.05) is 6.07 Å². The van der Waals surface area contributed by atoms with E-state index in [2.05, 4.69) is 10.3 Å². The first-order valence-electron chi connectivity index (χ1n) is 8.19. The largest absolute Gasteiger partial charge is 0.353 e. The van der Waals surface area contributed by atoms with Crippen LogP contribution < -0.4 is 10.7 Å². The van der Waals surface area contributed by atoms with Crippen molar-refractivity contribution in [1.82, 2.24) is 4.98 Å². The van der Waals surface area contributed by atoms with Crippen LogP contribution in [-0.2, 0) is 0 Å². The van der Waals surface area contributed by atoms with Crippen molar-refractivity contribution in [3.05, 3.63) is 72.9 Å². The Bertz CT molecular complexity index is 1400. The number of fused-ring (bicyclic) bond motifs is 4. The molecular formula is C18H8N4O5S2. The molecule has 0 fully saturated rings. The van der Waals surface area contributed by atoms with E-state index in [1.54, 1.807) is 12.1 Å². The van der Waals surface area contributed by atoms with Gasteiger partial charge in [-0.05, 0) is 18.2 Å². The molecule has 0 spiro atoms. The molecule has 0 unspecified atom stereocenters. The SMILES string of the molecule is O=c1cc2sc3cc4c(cc3nc-2cc1[N+](=O)[O-])Nc1cc([N+](=O)[O-])ccc1S4. The minimum atomic E-state index is -0.715. The number of benzene rings is 3. The van der Waals surface area contributed by atoms with Crippen molar-refractivity contribution in [2.45, 2.75) is 9.79 Å². The third-order valence-electron chi connectivity index (χ3n) is 4.42. The zero-order chi connectivity index (χ0) is 20.3. The third kappa shape index (κ3) is 2.87. The number of nitro groups is 2. The first-order valence-corrected chi connectivity index (χ1v) is 9.83. The van der Waals surface area contributed by atoms with E-state index >= 15 is 0 Å². The highest BCUT2D eigenvalue weighted by Crippen LogP contribution is 2.47. The van der Waals surface area contributed by atoms with Crippen LogP contribution in [0.25, 0.3) is 20.8 Å². The number of nitrogens with one attached hydrogen (secondary N) is 1. The summed E-state index contributed by atoms with van der Waals surface area (Å²) in [4.78, 5) is 39.6. The Morgan fingerprint density at radius 3 is 2.48 bits per heavy atom. The Morgan fingerprint density at radius 2 is 1.72 bits per heavy atom. The molecule has 0 bridgehead atoms. The van der Waals surface area contributed by atoms with Crippen molar-refractivity contribution < 1.29 is 9.85 Å². The highest BCUT2D eigenvalue weighted by atomic mass is 32.2. The summed E-state index contributed by atoms with van der Waals surface area (Å²) in [6.45, 7) is 0. The predicted molar refractivity (Wildman–Crippen MR) is 110 cm³/mol. The monoisotopic (exact) mass is 424 g/mol. The first-order chi connectivity index (χ1) is 13.9.